The number of carbonyl (C=O) groups is 1. The highest BCUT2D eigenvalue weighted by Crippen LogP contribution is 2.26. The largest absolute Gasteiger partial charge is 0.478 e. The Morgan fingerprint density at radius 2 is 1.95 bits per heavy atom. The minimum atomic E-state index is -4.69. The molecule has 118 valence electrons. The van der Waals surface area contributed by atoms with E-state index in [0.717, 1.165) is 18.2 Å². The number of hydrogen-bond acceptors (Lipinski definition) is 3. The van der Waals surface area contributed by atoms with Crippen LogP contribution in [0.3, 0.4) is 0 Å². The van der Waals surface area contributed by atoms with E-state index in [1.54, 1.807) is 0 Å². The Morgan fingerprint density at radius 3 is 2.33 bits per heavy atom. The average Bonchev–Trinajstić information content (AvgIpc) is 2.34. The summed E-state index contributed by atoms with van der Waals surface area (Å²) in [6, 6.07) is 2.65. The molecular formula is C11H11ClF3NO4S. The Labute approximate surface area is 124 Å². The summed E-state index contributed by atoms with van der Waals surface area (Å²) in [6.07, 6.45) is -4.69. The fraction of sp³-hybridized carbons (Fsp3) is 0.364. The lowest BCUT2D eigenvalue weighted by Gasteiger charge is -2.22. The van der Waals surface area contributed by atoms with Crippen LogP contribution < -0.4 is 0 Å². The third kappa shape index (κ3) is 4.32. The maximum absolute atomic E-state index is 12.4. The first-order chi connectivity index (χ1) is 9.49. The van der Waals surface area contributed by atoms with Gasteiger partial charge in [-0.2, -0.15) is 17.5 Å². The molecule has 0 fully saturated rings. The third-order valence-corrected chi connectivity index (χ3v) is 4.75. The van der Waals surface area contributed by atoms with E-state index >= 15 is 0 Å². The minimum absolute atomic E-state index is 0.235. The molecule has 1 rings (SSSR count). The van der Waals surface area contributed by atoms with Gasteiger partial charge in [0.2, 0.25) is 10.0 Å². The van der Waals surface area contributed by atoms with Gasteiger partial charge in [-0.3, -0.25) is 0 Å². The lowest BCUT2D eigenvalue weighted by atomic mass is 10.2. The van der Waals surface area contributed by atoms with E-state index in [9.17, 15) is 26.4 Å². The van der Waals surface area contributed by atoms with Gasteiger partial charge in [0, 0.05) is 6.54 Å². The molecule has 0 aliphatic carbocycles. The van der Waals surface area contributed by atoms with Crippen LogP contribution in [0.25, 0.3) is 0 Å². The number of alkyl halides is 3. The lowest BCUT2D eigenvalue weighted by Crippen LogP contribution is -2.38. The molecule has 21 heavy (non-hydrogen) atoms. The summed E-state index contributed by atoms with van der Waals surface area (Å²) in [5.41, 5.74) is -0.338. The first-order valence-corrected chi connectivity index (χ1v) is 7.40. The van der Waals surface area contributed by atoms with Gasteiger partial charge < -0.3 is 5.11 Å². The second-order valence-electron chi connectivity index (χ2n) is 3.99. The number of carboxylic acids is 1. The average molecular weight is 346 g/mol. The van der Waals surface area contributed by atoms with Crippen LogP contribution in [-0.2, 0) is 10.0 Å². The van der Waals surface area contributed by atoms with Crippen molar-refractivity contribution in [3.05, 3.63) is 28.8 Å². The summed E-state index contributed by atoms with van der Waals surface area (Å²) in [7, 11) is -4.41. The van der Waals surface area contributed by atoms with Gasteiger partial charge in [-0.15, -0.1) is 0 Å². The quantitative estimate of drug-likeness (QED) is 0.890. The van der Waals surface area contributed by atoms with Crippen LogP contribution in [0.15, 0.2) is 23.1 Å². The van der Waals surface area contributed by atoms with Crippen LogP contribution in [0.1, 0.15) is 17.3 Å². The molecular weight excluding hydrogens is 335 g/mol. The molecule has 1 aromatic carbocycles. The van der Waals surface area contributed by atoms with E-state index in [2.05, 4.69) is 0 Å². The van der Waals surface area contributed by atoms with E-state index in [-0.39, 0.29) is 21.4 Å². The molecule has 1 aromatic rings. The smallest absolute Gasteiger partial charge is 0.402 e. The van der Waals surface area contributed by atoms with Gasteiger partial charge in [-0.25, -0.2) is 13.2 Å². The van der Waals surface area contributed by atoms with Crippen LogP contribution in [0.5, 0.6) is 0 Å². The zero-order valence-corrected chi connectivity index (χ0v) is 12.3. The van der Waals surface area contributed by atoms with Crippen LogP contribution in [0, 0.1) is 0 Å². The molecule has 0 amide bonds. The van der Waals surface area contributed by atoms with Crippen molar-refractivity contribution in [1.29, 1.82) is 0 Å². The standard InChI is InChI=1S/C11H11ClF3NO4S/c1-2-16(6-11(13,14)15)21(19,20)7-3-4-8(10(17)18)9(12)5-7/h3-5H,2,6H2,1H3,(H,17,18). The molecule has 1 N–H and O–H groups in total. The van der Waals surface area contributed by atoms with E-state index in [0.29, 0.717) is 0 Å². The van der Waals surface area contributed by atoms with Gasteiger partial charge in [0.15, 0.2) is 0 Å². The number of halogens is 4. The summed E-state index contributed by atoms with van der Waals surface area (Å²) >= 11 is 5.63. The maximum atomic E-state index is 12.4. The molecule has 0 aliphatic heterocycles. The molecule has 0 aromatic heterocycles. The third-order valence-electron chi connectivity index (χ3n) is 2.52. The Balaban J connectivity index is 3.23. The van der Waals surface area contributed by atoms with Crippen molar-refractivity contribution in [3.8, 4) is 0 Å². The molecule has 0 atom stereocenters. The van der Waals surface area contributed by atoms with Crippen molar-refractivity contribution in [1.82, 2.24) is 4.31 Å². The minimum Gasteiger partial charge on any atom is -0.478 e. The highest BCUT2D eigenvalue weighted by atomic mass is 35.5. The summed E-state index contributed by atoms with van der Waals surface area (Å²) in [6.45, 7) is -0.763. The van der Waals surface area contributed by atoms with Crippen LogP contribution in [0.4, 0.5) is 13.2 Å². The number of sulfonamides is 1. The summed E-state index contributed by atoms with van der Waals surface area (Å²) in [5, 5.41) is 8.41. The number of carboxylic acid groups (broad SMARTS) is 1. The van der Waals surface area contributed by atoms with Crippen molar-refractivity contribution >= 4 is 27.6 Å². The second kappa shape index (κ2) is 6.20. The highest BCUT2D eigenvalue weighted by Gasteiger charge is 2.36. The van der Waals surface area contributed by atoms with Crippen molar-refractivity contribution in [2.24, 2.45) is 0 Å². The van der Waals surface area contributed by atoms with Gasteiger partial charge in [0.1, 0.15) is 6.54 Å². The predicted molar refractivity (Wildman–Crippen MR) is 68.9 cm³/mol. The molecule has 10 heteroatoms. The Morgan fingerprint density at radius 1 is 1.38 bits per heavy atom. The Kier molecular flexibility index (Phi) is 5.24. The molecule has 0 saturated heterocycles. The zero-order valence-electron chi connectivity index (χ0n) is 10.7. The summed E-state index contributed by atoms with van der Waals surface area (Å²) < 4.78 is 61.6. The molecule has 0 unspecified atom stereocenters. The van der Waals surface area contributed by atoms with Crippen molar-refractivity contribution in [2.75, 3.05) is 13.1 Å². The fourth-order valence-electron chi connectivity index (χ4n) is 1.55. The van der Waals surface area contributed by atoms with Crippen molar-refractivity contribution < 1.29 is 31.5 Å². The SMILES string of the molecule is CCN(CC(F)(F)F)S(=O)(=O)c1ccc(C(=O)O)c(Cl)c1. The van der Waals surface area contributed by atoms with Gasteiger partial charge in [-0.1, -0.05) is 18.5 Å². The summed E-state index contributed by atoms with van der Waals surface area (Å²) in [4.78, 5) is 10.3. The number of rotatable bonds is 5. The number of aromatic carboxylic acids is 1. The van der Waals surface area contributed by atoms with Gasteiger partial charge in [-0.05, 0) is 18.2 Å². The van der Waals surface area contributed by atoms with Crippen molar-refractivity contribution in [2.45, 2.75) is 18.0 Å². The Hall–Kier alpha value is -1.32. The van der Waals surface area contributed by atoms with Crippen LogP contribution in [-0.4, -0.2) is 43.1 Å². The topological polar surface area (TPSA) is 74.7 Å². The van der Waals surface area contributed by atoms with Gasteiger partial charge in [0.25, 0.3) is 0 Å². The lowest BCUT2D eigenvalue weighted by molar-refractivity contribution is -0.135. The first kappa shape index (κ1) is 17.7. The fourth-order valence-corrected chi connectivity index (χ4v) is 3.33. The molecule has 5 nitrogen and oxygen atoms in total. The number of benzene rings is 1. The molecule has 0 spiro atoms. The summed E-state index contributed by atoms with van der Waals surface area (Å²) in [5.74, 6) is -1.37. The predicted octanol–water partition coefficient (Wildman–Crippen LogP) is 2.61. The molecule has 0 aliphatic rings. The zero-order chi connectivity index (χ0) is 16.4. The van der Waals surface area contributed by atoms with Gasteiger partial charge >= 0.3 is 12.1 Å². The molecule has 0 radical (unpaired) electrons. The normalized spacial score (nSPS) is 12.7. The first-order valence-electron chi connectivity index (χ1n) is 5.58. The number of nitrogens with zero attached hydrogens (tertiary/aromatic N) is 1. The van der Waals surface area contributed by atoms with Crippen molar-refractivity contribution in [3.63, 3.8) is 0 Å². The van der Waals surface area contributed by atoms with E-state index in [1.165, 1.54) is 6.92 Å². The van der Waals surface area contributed by atoms with E-state index < -0.39 is 33.6 Å². The van der Waals surface area contributed by atoms with E-state index in [1.807, 2.05) is 0 Å². The maximum Gasteiger partial charge on any atom is 0.402 e. The number of hydrogen-bond donors (Lipinski definition) is 1. The van der Waals surface area contributed by atoms with Gasteiger partial charge in [0.05, 0.1) is 15.5 Å². The monoisotopic (exact) mass is 345 g/mol. The molecule has 0 bridgehead atoms. The second-order valence-corrected chi connectivity index (χ2v) is 6.34. The van der Waals surface area contributed by atoms with E-state index in [4.69, 9.17) is 16.7 Å². The molecule has 0 heterocycles. The van der Waals surface area contributed by atoms with Crippen LogP contribution in [0.2, 0.25) is 5.02 Å². The molecule has 0 saturated carbocycles. The van der Waals surface area contributed by atoms with Crippen LogP contribution >= 0.6 is 11.6 Å². The highest BCUT2D eigenvalue weighted by molar-refractivity contribution is 7.89. The Bertz CT molecular complexity index is 645.